The maximum absolute atomic E-state index is 12.1. The van der Waals surface area contributed by atoms with Crippen molar-refractivity contribution in [2.24, 2.45) is 16.7 Å². The zero-order valence-corrected chi connectivity index (χ0v) is 13.6. The quantitative estimate of drug-likeness (QED) is 0.474. The Hall–Kier alpha value is -1.91. The number of non-ortho nitro benzene ring substituents is 1. The summed E-state index contributed by atoms with van der Waals surface area (Å²) in [5.41, 5.74) is 0.387. The molecule has 0 N–H and O–H groups in total. The topological polar surface area (TPSA) is 69.4 Å². The van der Waals surface area contributed by atoms with Crippen LogP contribution >= 0.6 is 0 Å². The van der Waals surface area contributed by atoms with Crippen molar-refractivity contribution in [3.05, 3.63) is 39.9 Å². The molecule has 2 rings (SSSR count). The Morgan fingerprint density at radius 3 is 2.36 bits per heavy atom. The van der Waals surface area contributed by atoms with Crippen molar-refractivity contribution in [1.82, 2.24) is 0 Å². The maximum atomic E-state index is 12.1. The molecule has 1 fully saturated rings. The summed E-state index contributed by atoms with van der Waals surface area (Å²) in [6.45, 7) is 9.23. The lowest BCUT2D eigenvalue weighted by molar-refractivity contribution is -0.384. The van der Waals surface area contributed by atoms with Gasteiger partial charge in [0.2, 0.25) is 0 Å². The van der Waals surface area contributed by atoms with Crippen molar-refractivity contribution in [3.63, 3.8) is 0 Å². The monoisotopic (exact) mass is 305 g/mol. The number of hydrogen-bond donors (Lipinski definition) is 0. The summed E-state index contributed by atoms with van der Waals surface area (Å²) < 4.78 is 5.49. The summed E-state index contributed by atoms with van der Waals surface area (Å²) in [7, 11) is 0. The summed E-state index contributed by atoms with van der Waals surface area (Å²) >= 11 is 0. The lowest BCUT2D eigenvalue weighted by atomic mass is 9.66. The molecule has 0 unspecified atom stereocenters. The first-order valence-electron chi connectivity index (χ1n) is 7.59. The highest BCUT2D eigenvalue weighted by Gasteiger charge is 2.50. The molecule has 1 aromatic carbocycles. The maximum Gasteiger partial charge on any atom is 0.338 e. The molecule has 1 aliphatic rings. The zero-order chi connectivity index (χ0) is 16.5. The molecule has 0 radical (unpaired) electrons. The minimum Gasteiger partial charge on any atom is -0.461 e. The van der Waals surface area contributed by atoms with Gasteiger partial charge in [0.05, 0.1) is 17.1 Å². The number of hydrogen-bond acceptors (Lipinski definition) is 4. The summed E-state index contributed by atoms with van der Waals surface area (Å²) in [6.07, 6.45) is 2.17. The number of esters is 1. The van der Waals surface area contributed by atoms with E-state index < -0.39 is 10.9 Å². The molecule has 120 valence electrons. The smallest absolute Gasteiger partial charge is 0.338 e. The van der Waals surface area contributed by atoms with E-state index in [-0.39, 0.29) is 16.5 Å². The van der Waals surface area contributed by atoms with E-state index in [1.54, 1.807) is 0 Å². The number of carbonyl (C=O) groups excluding carboxylic acids is 1. The van der Waals surface area contributed by atoms with Gasteiger partial charge in [-0.1, -0.05) is 27.7 Å². The van der Waals surface area contributed by atoms with Crippen molar-refractivity contribution < 1.29 is 14.5 Å². The van der Waals surface area contributed by atoms with Gasteiger partial charge in [0.1, 0.15) is 0 Å². The second kappa shape index (κ2) is 5.71. The van der Waals surface area contributed by atoms with Crippen LogP contribution in [0.2, 0.25) is 0 Å². The molecule has 5 nitrogen and oxygen atoms in total. The van der Waals surface area contributed by atoms with Crippen LogP contribution in [0.25, 0.3) is 0 Å². The van der Waals surface area contributed by atoms with Crippen molar-refractivity contribution in [2.75, 3.05) is 6.61 Å². The van der Waals surface area contributed by atoms with E-state index in [4.69, 9.17) is 4.74 Å². The molecule has 0 aromatic heterocycles. The van der Waals surface area contributed by atoms with Crippen molar-refractivity contribution in [3.8, 4) is 0 Å². The molecule has 0 bridgehead atoms. The molecule has 22 heavy (non-hydrogen) atoms. The highest BCUT2D eigenvalue weighted by Crippen LogP contribution is 2.55. The average molecular weight is 305 g/mol. The predicted octanol–water partition coefficient (Wildman–Crippen LogP) is 4.21. The molecule has 1 aliphatic carbocycles. The van der Waals surface area contributed by atoms with E-state index in [0.29, 0.717) is 18.1 Å². The van der Waals surface area contributed by atoms with E-state index in [9.17, 15) is 14.9 Å². The molecule has 2 atom stereocenters. The Morgan fingerprint density at radius 2 is 1.91 bits per heavy atom. The molecule has 0 amide bonds. The summed E-state index contributed by atoms with van der Waals surface area (Å²) in [6, 6.07) is 5.51. The first kappa shape index (κ1) is 16.5. The number of carbonyl (C=O) groups is 1. The van der Waals surface area contributed by atoms with Gasteiger partial charge in [-0.15, -0.1) is 0 Å². The van der Waals surface area contributed by atoms with Crippen molar-refractivity contribution in [1.29, 1.82) is 0 Å². The number of ether oxygens (including phenoxy) is 1. The van der Waals surface area contributed by atoms with Gasteiger partial charge in [-0.3, -0.25) is 10.1 Å². The average Bonchev–Trinajstić information content (AvgIpc) is 2.69. The fourth-order valence-electron chi connectivity index (χ4n) is 3.10. The fourth-order valence-corrected chi connectivity index (χ4v) is 3.10. The van der Waals surface area contributed by atoms with Crippen LogP contribution < -0.4 is 0 Å². The molecular weight excluding hydrogens is 282 g/mol. The summed E-state index contributed by atoms with van der Waals surface area (Å²) in [5.74, 6) is 0.169. The van der Waals surface area contributed by atoms with Gasteiger partial charge in [-0.25, -0.2) is 4.79 Å². The summed E-state index contributed by atoms with van der Waals surface area (Å²) in [5, 5.41) is 10.6. The van der Waals surface area contributed by atoms with E-state index >= 15 is 0 Å². The third kappa shape index (κ3) is 2.85. The highest BCUT2D eigenvalue weighted by atomic mass is 16.6. The molecule has 0 spiro atoms. The Morgan fingerprint density at radius 1 is 1.32 bits per heavy atom. The summed E-state index contributed by atoms with van der Waals surface area (Å²) in [4.78, 5) is 22.3. The van der Waals surface area contributed by atoms with Crippen LogP contribution in [0.5, 0.6) is 0 Å². The molecular formula is C17H23NO4. The third-order valence-electron chi connectivity index (χ3n) is 5.75. The van der Waals surface area contributed by atoms with Crippen LogP contribution in [-0.4, -0.2) is 17.5 Å². The first-order chi connectivity index (χ1) is 10.2. The lowest BCUT2D eigenvalue weighted by Crippen LogP contribution is -2.37. The van der Waals surface area contributed by atoms with Gasteiger partial charge < -0.3 is 4.74 Å². The van der Waals surface area contributed by atoms with Crippen LogP contribution in [0.1, 0.15) is 50.9 Å². The second-order valence-electron chi connectivity index (χ2n) is 7.10. The number of rotatable bonds is 4. The van der Waals surface area contributed by atoms with Gasteiger partial charge in [-0.2, -0.15) is 0 Å². The van der Waals surface area contributed by atoms with Gasteiger partial charge in [0.15, 0.2) is 0 Å². The Labute approximate surface area is 130 Å². The van der Waals surface area contributed by atoms with E-state index in [2.05, 4.69) is 27.7 Å². The molecule has 0 heterocycles. The predicted molar refractivity (Wildman–Crippen MR) is 83.7 cm³/mol. The normalized spacial score (nSPS) is 26.6. The zero-order valence-electron chi connectivity index (χ0n) is 13.6. The van der Waals surface area contributed by atoms with E-state index in [1.165, 1.54) is 24.3 Å². The highest BCUT2D eigenvalue weighted by molar-refractivity contribution is 5.89. The van der Waals surface area contributed by atoms with Crippen molar-refractivity contribution in [2.45, 2.75) is 40.5 Å². The Balaban J connectivity index is 2.02. The Kier molecular flexibility index (Phi) is 4.27. The lowest BCUT2D eigenvalue weighted by Gasteiger charge is -2.40. The molecule has 1 saturated carbocycles. The molecule has 5 heteroatoms. The van der Waals surface area contributed by atoms with Crippen LogP contribution in [0.15, 0.2) is 24.3 Å². The second-order valence-corrected chi connectivity index (χ2v) is 7.10. The van der Waals surface area contributed by atoms with E-state index in [0.717, 1.165) is 12.8 Å². The fraction of sp³-hybridized carbons (Fsp3) is 0.588. The third-order valence-corrected chi connectivity index (χ3v) is 5.75. The van der Waals surface area contributed by atoms with Crippen LogP contribution in [0.4, 0.5) is 5.69 Å². The molecule has 0 aliphatic heterocycles. The number of nitro groups is 1. The number of benzene rings is 1. The van der Waals surface area contributed by atoms with Gasteiger partial charge in [-0.05, 0) is 36.3 Å². The van der Waals surface area contributed by atoms with Gasteiger partial charge in [0.25, 0.3) is 5.69 Å². The number of nitro benzene ring substituents is 1. The Bertz CT molecular complexity index is 579. The first-order valence-corrected chi connectivity index (χ1v) is 7.59. The molecule has 0 saturated heterocycles. The van der Waals surface area contributed by atoms with Crippen LogP contribution in [-0.2, 0) is 4.74 Å². The number of nitrogens with zero attached hydrogens (tertiary/aromatic N) is 1. The minimum atomic E-state index is -0.488. The molecule has 1 aromatic rings. The van der Waals surface area contributed by atoms with Crippen molar-refractivity contribution >= 4 is 11.7 Å². The standard InChI is InChI=1S/C17H23NO4/c1-12-9-10-17(4,16(12,2)3)11-22-15(19)13-5-7-14(8-6-13)18(20)21/h5-8,12H,9-11H2,1-4H3/t12-,17+/m1/s1. The van der Waals surface area contributed by atoms with Gasteiger partial charge in [0, 0.05) is 17.5 Å². The van der Waals surface area contributed by atoms with Gasteiger partial charge >= 0.3 is 5.97 Å². The van der Waals surface area contributed by atoms with Crippen LogP contribution in [0, 0.1) is 26.9 Å². The SMILES string of the molecule is C[C@@H]1CC[C@@](C)(COC(=O)c2ccc([N+](=O)[O-])cc2)C1(C)C. The van der Waals surface area contributed by atoms with Crippen LogP contribution in [0.3, 0.4) is 0 Å². The largest absolute Gasteiger partial charge is 0.461 e. The minimum absolute atomic E-state index is 0.0331. The van der Waals surface area contributed by atoms with E-state index in [1.807, 2.05) is 0 Å².